The molecule has 0 aliphatic heterocycles. The molecule has 0 rings (SSSR count). The van der Waals surface area contributed by atoms with Crippen LogP contribution in [0.1, 0.15) is 77.6 Å². The summed E-state index contributed by atoms with van der Waals surface area (Å²) in [6.07, 6.45) is 14.9. The Morgan fingerprint density at radius 1 is 0.588 bits per heavy atom. The number of nitrogens with two attached hydrogens (primary N) is 3. The molecule has 0 aliphatic rings. The van der Waals surface area contributed by atoms with Crippen molar-refractivity contribution in [1.82, 2.24) is 0 Å². The van der Waals surface area contributed by atoms with Crippen molar-refractivity contribution in [2.75, 3.05) is 0 Å². The summed E-state index contributed by atoms with van der Waals surface area (Å²) in [5.41, 5.74) is 0. The highest BCUT2D eigenvalue weighted by molar-refractivity contribution is 6.70. The van der Waals surface area contributed by atoms with Crippen molar-refractivity contribution >= 4 is 8.56 Å². The minimum Gasteiger partial charge on any atom is -0.327 e. The van der Waals surface area contributed by atoms with Crippen molar-refractivity contribution in [2.45, 2.75) is 83.6 Å². The normalized spacial score (nSPS) is 12.0. The van der Waals surface area contributed by atoms with E-state index >= 15 is 0 Å². The Kier molecular flexibility index (Phi) is 11.3. The van der Waals surface area contributed by atoms with Crippen molar-refractivity contribution in [1.29, 1.82) is 0 Å². The standard InChI is InChI=1S/C13H33N3Si/c1-2-3-4-5-6-7-8-9-10-11-12-13-17(14,15)16/h2-16H2,1H3. The Bertz CT molecular complexity index is 157. The monoisotopic (exact) mass is 259 g/mol. The summed E-state index contributed by atoms with van der Waals surface area (Å²) in [6, 6.07) is 0.865. The van der Waals surface area contributed by atoms with E-state index in [1.807, 2.05) is 0 Å². The van der Waals surface area contributed by atoms with Gasteiger partial charge in [0.2, 0.25) is 0 Å². The molecule has 0 unspecified atom stereocenters. The lowest BCUT2D eigenvalue weighted by atomic mass is 10.1. The highest BCUT2D eigenvalue weighted by Crippen LogP contribution is 2.12. The summed E-state index contributed by atoms with van der Waals surface area (Å²) >= 11 is 0. The predicted molar refractivity (Wildman–Crippen MR) is 79.6 cm³/mol. The van der Waals surface area contributed by atoms with Gasteiger partial charge in [0.25, 0.3) is 8.56 Å². The molecule has 104 valence electrons. The lowest BCUT2D eigenvalue weighted by Gasteiger charge is -2.13. The topological polar surface area (TPSA) is 78.1 Å². The first-order chi connectivity index (χ1) is 8.06. The summed E-state index contributed by atoms with van der Waals surface area (Å²) < 4.78 is 0. The molecule has 0 bridgehead atoms. The van der Waals surface area contributed by atoms with E-state index in [9.17, 15) is 0 Å². The van der Waals surface area contributed by atoms with E-state index in [0.717, 1.165) is 12.5 Å². The fourth-order valence-electron chi connectivity index (χ4n) is 2.10. The Labute approximate surface area is 109 Å². The molecule has 0 saturated heterocycles. The molecular formula is C13H33N3Si. The fourth-order valence-corrected chi connectivity index (χ4v) is 2.96. The Morgan fingerprint density at radius 3 is 1.29 bits per heavy atom. The molecule has 0 heterocycles. The van der Waals surface area contributed by atoms with Gasteiger partial charge >= 0.3 is 0 Å². The molecule has 0 radical (unpaired) electrons. The van der Waals surface area contributed by atoms with Crippen LogP contribution in [0.4, 0.5) is 0 Å². The van der Waals surface area contributed by atoms with Crippen LogP contribution in [0.3, 0.4) is 0 Å². The first-order valence-electron chi connectivity index (χ1n) is 7.43. The molecule has 0 fully saturated rings. The molecule has 0 atom stereocenters. The molecule has 17 heavy (non-hydrogen) atoms. The summed E-state index contributed by atoms with van der Waals surface area (Å²) in [5.74, 6) is 0. The molecule has 0 aromatic rings. The predicted octanol–water partition coefficient (Wildman–Crippen LogP) is 3.11. The highest BCUT2D eigenvalue weighted by Gasteiger charge is 2.15. The third kappa shape index (κ3) is 16.1. The lowest BCUT2D eigenvalue weighted by Crippen LogP contribution is -2.64. The SMILES string of the molecule is CCCCCCCCCCCCC[Si](N)(N)N. The molecular weight excluding hydrogens is 226 g/mol. The Hall–Kier alpha value is 0.0969. The van der Waals surface area contributed by atoms with Crippen LogP contribution in [0.5, 0.6) is 0 Å². The van der Waals surface area contributed by atoms with E-state index in [1.54, 1.807) is 0 Å². The second-order valence-electron chi connectivity index (χ2n) is 5.40. The van der Waals surface area contributed by atoms with E-state index in [2.05, 4.69) is 6.92 Å². The smallest absolute Gasteiger partial charge is 0.273 e. The van der Waals surface area contributed by atoms with Crippen molar-refractivity contribution in [2.24, 2.45) is 16.2 Å². The largest absolute Gasteiger partial charge is 0.327 e. The molecule has 3 nitrogen and oxygen atoms in total. The quantitative estimate of drug-likeness (QED) is 0.372. The van der Waals surface area contributed by atoms with Gasteiger partial charge in [-0.3, -0.25) is 0 Å². The van der Waals surface area contributed by atoms with Crippen molar-refractivity contribution in [3.8, 4) is 0 Å². The zero-order valence-corrected chi connectivity index (χ0v) is 12.7. The average molecular weight is 260 g/mol. The van der Waals surface area contributed by atoms with Crippen LogP contribution >= 0.6 is 0 Å². The van der Waals surface area contributed by atoms with Crippen molar-refractivity contribution in [3.63, 3.8) is 0 Å². The Morgan fingerprint density at radius 2 is 0.941 bits per heavy atom. The minimum absolute atomic E-state index is 0.865. The van der Waals surface area contributed by atoms with E-state index in [-0.39, 0.29) is 0 Å². The number of rotatable bonds is 12. The number of hydrogen-bond acceptors (Lipinski definition) is 3. The summed E-state index contributed by atoms with van der Waals surface area (Å²) in [7, 11) is -2.25. The number of hydrogen-bond donors (Lipinski definition) is 3. The molecule has 0 aliphatic carbocycles. The maximum atomic E-state index is 5.65. The highest BCUT2D eigenvalue weighted by atomic mass is 28.4. The zero-order chi connectivity index (χ0) is 13.0. The molecule has 4 heteroatoms. The van der Waals surface area contributed by atoms with E-state index < -0.39 is 8.56 Å². The van der Waals surface area contributed by atoms with Gasteiger partial charge in [-0.15, -0.1) is 0 Å². The van der Waals surface area contributed by atoms with Crippen molar-refractivity contribution < 1.29 is 0 Å². The van der Waals surface area contributed by atoms with Gasteiger partial charge in [-0.1, -0.05) is 77.6 Å². The van der Waals surface area contributed by atoms with Crippen LogP contribution in [0.25, 0.3) is 0 Å². The van der Waals surface area contributed by atoms with E-state index in [0.29, 0.717) is 0 Å². The molecule has 0 aromatic heterocycles. The molecule has 0 spiro atoms. The third-order valence-electron chi connectivity index (χ3n) is 3.21. The van der Waals surface area contributed by atoms with Gasteiger partial charge in [0, 0.05) is 0 Å². The molecule has 6 N–H and O–H groups in total. The molecule has 0 aromatic carbocycles. The summed E-state index contributed by atoms with van der Waals surface area (Å²) in [6.45, 7) is 2.27. The van der Waals surface area contributed by atoms with Gasteiger partial charge < -0.3 is 16.2 Å². The second-order valence-corrected chi connectivity index (χ2v) is 8.12. The third-order valence-corrected chi connectivity index (χ3v) is 4.43. The summed E-state index contributed by atoms with van der Waals surface area (Å²) in [5, 5.41) is 17.0. The van der Waals surface area contributed by atoms with Crippen molar-refractivity contribution in [3.05, 3.63) is 0 Å². The first kappa shape index (κ1) is 17.1. The van der Waals surface area contributed by atoms with E-state index in [1.165, 1.54) is 64.2 Å². The molecule has 0 amide bonds. The van der Waals surface area contributed by atoms with Gasteiger partial charge in [-0.25, -0.2) is 0 Å². The first-order valence-corrected chi connectivity index (χ1v) is 9.87. The van der Waals surface area contributed by atoms with Crippen LogP contribution in [-0.4, -0.2) is 8.56 Å². The van der Waals surface area contributed by atoms with Gasteiger partial charge in [0.05, 0.1) is 0 Å². The summed E-state index contributed by atoms with van der Waals surface area (Å²) in [4.78, 5) is 0. The van der Waals surface area contributed by atoms with Gasteiger partial charge in [-0.05, 0) is 6.04 Å². The average Bonchev–Trinajstić information content (AvgIpc) is 2.24. The van der Waals surface area contributed by atoms with Crippen LogP contribution in [0.15, 0.2) is 0 Å². The van der Waals surface area contributed by atoms with Gasteiger partial charge in [0.15, 0.2) is 0 Å². The lowest BCUT2D eigenvalue weighted by molar-refractivity contribution is 0.553. The van der Waals surface area contributed by atoms with Gasteiger partial charge in [0.1, 0.15) is 0 Å². The van der Waals surface area contributed by atoms with E-state index in [4.69, 9.17) is 16.2 Å². The van der Waals surface area contributed by atoms with Crippen LogP contribution in [0, 0.1) is 0 Å². The maximum Gasteiger partial charge on any atom is 0.273 e. The molecule has 0 saturated carbocycles. The van der Waals surface area contributed by atoms with Gasteiger partial charge in [-0.2, -0.15) is 0 Å². The van der Waals surface area contributed by atoms with Crippen LogP contribution < -0.4 is 16.2 Å². The Balaban J connectivity index is 2.99. The minimum atomic E-state index is -2.25. The second kappa shape index (κ2) is 11.2. The fraction of sp³-hybridized carbons (Fsp3) is 1.00. The zero-order valence-electron chi connectivity index (χ0n) is 11.7. The maximum absolute atomic E-state index is 5.65. The van der Waals surface area contributed by atoms with Crippen LogP contribution in [0.2, 0.25) is 6.04 Å². The number of unbranched alkanes of at least 4 members (excludes halogenated alkanes) is 10. The van der Waals surface area contributed by atoms with Crippen LogP contribution in [-0.2, 0) is 0 Å².